The van der Waals surface area contributed by atoms with Crippen molar-refractivity contribution in [2.24, 2.45) is 0 Å². The Morgan fingerprint density at radius 2 is 2.10 bits per heavy atom. The zero-order valence-electron chi connectivity index (χ0n) is 12.0. The molecule has 0 fully saturated rings. The highest BCUT2D eigenvalue weighted by Gasteiger charge is 2.30. The van der Waals surface area contributed by atoms with Crippen LogP contribution in [0.5, 0.6) is 0 Å². The van der Waals surface area contributed by atoms with Gasteiger partial charge in [-0.15, -0.1) is 0 Å². The summed E-state index contributed by atoms with van der Waals surface area (Å²) in [6, 6.07) is 5.01. The van der Waals surface area contributed by atoms with Crippen LogP contribution in [0.3, 0.4) is 0 Å². The number of hydrogen-bond donors (Lipinski definition) is 1. The number of fused-ring (bicyclic) bond motifs is 1. The third kappa shape index (κ3) is 2.99. The molecule has 1 aromatic carbocycles. The number of hydrogen-bond acceptors (Lipinski definition) is 4. The molecule has 5 heteroatoms. The monoisotopic (exact) mass is 277 g/mol. The molecule has 0 atom stereocenters. The number of ether oxygens (including phenoxy) is 1. The number of aliphatic hydroxyl groups excluding tert-OH is 1. The van der Waals surface area contributed by atoms with E-state index >= 15 is 0 Å². The molecule has 0 bridgehead atoms. The molecule has 5 nitrogen and oxygen atoms in total. The fourth-order valence-corrected chi connectivity index (χ4v) is 2.11. The van der Waals surface area contributed by atoms with Gasteiger partial charge >= 0.3 is 6.09 Å². The van der Waals surface area contributed by atoms with Crippen molar-refractivity contribution in [2.75, 3.05) is 11.4 Å². The summed E-state index contributed by atoms with van der Waals surface area (Å²) in [6.45, 7) is 5.56. The minimum absolute atomic E-state index is 0.00398. The lowest BCUT2D eigenvalue weighted by atomic mass is 9.99. The first-order chi connectivity index (χ1) is 9.31. The molecular formula is C15H19NO4. The van der Waals surface area contributed by atoms with Gasteiger partial charge in [0.25, 0.3) is 0 Å². The molecule has 0 unspecified atom stereocenters. The standard InChI is InChI=1S/C15H19NO4/c1-15(2,3)20-14(19)16-7-6-13(18)11-5-4-10(9-17)8-12(11)16/h4-5,8,17H,6-7,9H2,1-3H3. The van der Waals surface area contributed by atoms with E-state index in [0.29, 0.717) is 23.4 Å². The van der Waals surface area contributed by atoms with Crippen LogP contribution in [0.4, 0.5) is 10.5 Å². The van der Waals surface area contributed by atoms with Crippen LogP contribution in [0.15, 0.2) is 18.2 Å². The van der Waals surface area contributed by atoms with E-state index in [-0.39, 0.29) is 18.8 Å². The van der Waals surface area contributed by atoms with E-state index in [0.717, 1.165) is 0 Å². The number of aliphatic hydroxyl groups is 1. The number of nitrogens with zero attached hydrogens (tertiary/aromatic N) is 1. The third-order valence-electron chi connectivity index (χ3n) is 3.01. The number of ketones is 1. The summed E-state index contributed by atoms with van der Waals surface area (Å²) in [5.41, 5.74) is 1.08. The van der Waals surface area contributed by atoms with Gasteiger partial charge in [-0.25, -0.2) is 4.79 Å². The van der Waals surface area contributed by atoms with Crippen LogP contribution in [-0.4, -0.2) is 29.1 Å². The molecule has 0 aliphatic carbocycles. The van der Waals surface area contributed by atoms with Gasteiger partial charge in [-0.1, -0.05) is 6.07 Å². The van der Waals surface area contributed by atoms with Gasteiger partial charge in [0, 0.05) is 18.5 Å². The number of anilines is 1. The van der Waals surface area contributed by atoms with E-state index in [9.17, 15) is 14.7 Å². The van der Waals surface area contributed by atoms with Crippen molar-refractivity contribution in [3.63, 3.8) is 0 Å². The molecule has 0 aromatic heterocycles. The van der Waals surface area contributed by atoms with E-state index in [4.69, 9.17) is 4.74 Å². The zero-order valence-corrected chi connectivity index (χ0v) is 12.0. The molecule has 108 valence electrons. The number of carbonyl (C=O) groups is 2. The van der Waals surface area contributed by atoms with Gasteiger partial charge in [-0.2, -0.15) is 0 Å². The highest BCUT2D eigenvalue weighted by atomic mass is 16.6. The minimum Gasteiger partial charge on any atom is -0.443 e. The van der Waals surface area contributed by atoms with Crippen molar-refractivity contribution >= 4 is 17.6 Å². The summed E-state index contributed by atoms with van der Waals surface area (Å²) in [5.74, 6) is 0.00398. The largest absolute Gasteiger partial charge is 0.443 e. The van der Waals surface area contributed by atoms with E-state index in [1.165, 1.54) is 4.90 Å². The Bertz CT molecular complexity index is 545. The van der Waals surface area contributed by atoms with Gasteiger partial charge in [-0.3, -0.25) is 9.69 Å². The molecule has 20 heavy (non-hydrogen) atoms. The van der Waals surface area contributed by atoms with Gasteiger partial charge in [0.1, 0.15) is 5.60 Å². The van der Waals surface area contributed by atoms with E-state index in [1.807, 2.05) is 0 Å². The topological polar surface area (TPSA) is 66.8 Å². The Labute approximate surface area is 118 Å². The Morgan fingerprint density at radius 1 is 1.40 bits per heavy atom. The van der Waals surface area contributed by atoms with Gasteiger partial charge < -0.3 is 9.84 Å². The van der Waals surface area contributed by atoms with Crippen molar-refractivity contribution < 1.29 is 19.4 Å². The molecule has 1 N–H and O–H groups in total. The maximum Gasteiger partial charge on any atom is 0.414 e. The van der Waals surface area contributed by atoms with Crippen LogP contribution in [0, 0.1) is 0 Å². The summed E-state index contributed by atoms with van der Waals surface area (Å²) in [7, 11) is 0. The van der Waals surface area contributed by atoms with Crippen LogP contribution in [-0.2, 0) is 11.3 Å². The van der Waals surface area contributed by atoms with Crippen LogP contribution >= 0.6 is 0 Å². The van der Waals surface area contributed by atoms with Crippen LogP contribution in [0.25, 0.3) is 0 Å². The number of benzene rings is 1. The summed E-state index contributed by atoms with van der Waals surface area (Å²) in [5, 5.41) is 9.20. The molecular weight excluding hydrogens is 258 g/mol. The first-order valence-corrected chi connectivity index (χ1v) is 6.59. The first kappa shape index (κ1) is 14.5. The van der Waals surface area contributed by atoms with Crippen molar-refractivity contribution in [3.05, 3.63) is 29.3 Å². The van der Waals surface area contributed by atoms with Crippen molar-refractivity contribution in [1.82, 2.24) is 0 Å². The van der Waals surface area contributed by atoms with E-state index in [1.54, 1.807) is 39.0 Å². The Kier molecular flexibility index (Phi) is 3.81. The maximum absolute atomic E-state index is 12.2. The van der Waals surface area contributed by atoms with E-state index < -0.39 is 11.7 Å². The normalized spacial score (nSPS) is 15.0. The lowest BCUT2D eigenvalue weighted by Crippen LogP contribution is -2.41. The SMILES string of the molecule is CC(C)(C)OC(=O)N1CCC(=O)c2ccc(CO)cc21. The molecule has 0 spiro atoms. The predicted molar refractivity (Wildman–Crippen MR) is 74.9 cm³/mol. The number of amides is 1. The van der Waals surface area contributed by atoms with Gasteiger partial charge in [0.2, 0.25) is 0 Å². The average molecular weight is 277 g/mol. The molecule has 1 amide bonds. The molecule has 0 saturated carbocycles. The predicted octanol–water partition coefficient (Wildman–Crippen LogP) is 2.51. The highest BCUT2D eigenvalue weighted by molar-refractivity contribution is 6.07. The maximum atomic E-state index is 12.2. The van der Waals surface area contributed by atoms with Gasteiger partial charge in [0.05, 0.1) is 12.3 Å². The second kappa shape index (κ2) is 5.25. The van der Waals surface area contributed by atoms with Crippen molar-refractivity contribution in [1.29, 1.82) is 0 Å². The quantitative estimate of drug-likeness (QED) is 0.856. The van der Waals surface area contributed by atoms with E-state index in [2.05, 4.69) is 0 Å². The van der Waals surface area contributed by atoms with Crippen molar-refractivity contribution in [3.8, 4) is 0 Å². The molecule has 1 aliphatic heterocycles. The summed E-state index contributed by atoms with van der Waals surface area (Å²) in [4.78, 5) is 25.6. The third-order valence-corrected chi connectivity index (χ3v) is 3.01. The van der Waals surface area contributed by atoms with Gasteiger partial charge in [-0.05, 0) is 38.5 Å². The summed E-state index contributed by atoms with van der Waals surface area (Å²) < 4.78 is 5.36. The van der Waals surface area contributed by atoms with Crippen LogP contribution in [0.1, 0.15) is 43.1 Å². The molecule has 1 aromatic rings. The highest BCUT2D eigenvalue weighted by Crippen LogP contribution is 2.29. The minimum atomic E-state index is -0.590. The number of Topliss-reactive ketones (excluding diaryl/α,β-unsaturated/α-hetero) is 1. The Hall–Kier alpha value is -1.88. The molecule has 0 saturated heterocycles. The molecule has 1 aliphatic rings. The molecule has 0 radical (unpaired) electrons. The first-order valence-electron chi connectivity index (χ1n) is 6.59. The Balaban J connectivity index is 2.36. The summed E-state index contributed by atoms with van der Waals surface area (Å²) >= 11 is 0. The lowest BCUT2D eigenvalue weighted by Gasteiger charge is -2.31. The average Bonchev–Trinajstić information content (AvgIpc) is 2.36. The molecule has 1 heterocycles. The van der Waals surface area contributed by atoms with Gasteiger partial charge in [0.15, 0.2) is 5.78 Å². The number of carbonyl (C=O) groups excluding carboxylic acids is 2. The fourth-order valence-electron chi connectivity index (χ4n) is 2.11. The number of rotatable bonds is 1. The molecule has 2 rings (SSSR count). The zero-order chi connectivity index (χ0) is 14.9. The van der Waals surface area contributed by atoms with Crippen molar-refractivity contribution in [2.45, 2.75) is 39.4 Å². The second-order valence-electron chi connectivity index (χ2n) is 5.81. The fraction of sp³-hybridized carbons (Fsp3) is 0.467. The van der Waals surface area contributed by atoms with Crippen LogP contribution in [0.2, 0.25) is 0 Å². The Morgan fingerprint density at radius 3 is 2.70 bits per heavy atom. The summed E-state index contributed by atoms with van der Waals surface area (Å²) in [6.07, 6.45) is -0.189. The lowest BCUT2D eigenvalue weighted by molar-refractivity contribution is 0.0577. The second-order valence-corrected chi connectivity index (χ2v) is 5.81. The van der Waals surface area contributed by atoms with Crippen LogP contribution < -0.4 is 4.90 Å². The smallest absolute Gasteiger partial charge is 0.414 e.